The molecule has 0 aliphatic carbocycles. The summed E-state index contributed by atoms with van der Waals surface area (Å²) < 4.78 is 34.4. The molecule has 2 atom stereocenters. The number of rotatable bonds is 76. The molecule has 0 fully saturated rings. The number of allylic oxidation sites excluding steroid dienone is 2. The predicted octanol–water partition coefficient (Wildman–Crippen LogP) is 25.6. The number of esters is 2. The second-order valence-corrected chi connectivity index (χ2v) is 30.2. The Kier molecular flexibility index (Phi) is 70.1. The van der Waals surface area contributed by atoms with Gasteiger partial charge in [-0.15, -0.1) is 0 Å². The van der Waals surface area contributed by atoms with Crippen molar-refractivity contribution >= 4 is 19.8 Å². The molecule has 0 rings (SSSR count). The van der Waals surface area contributed by atoms with E-state index >= 15 is 0 Å². The summed E-state index contributed by atoms with van der Waals surface area (Å²) in [6, 6.07) is 0. The molecule has 2 unspecified atom stereocenters. The molecule has 0 aromatic carbocycles. The Morgan fingerprint density at radius 2 is 0.573 bits per heavy atom. The van der Waals surface area contributed by atoms with Crippen molar-refractivity contribution in [3.8, 4) is 0 Å². The largest absolute Gasteiger partial charge is 0.756 e. The number of carbonyl (C=O) groups is 2. The minimum Gasteiger partial charge on any atom is -0.756 e. The van der Waals surface area contributed by atoms with Crippen LogP contribution >= 0.6 is 7.82 Å². The fourth-order valence-corrected chi connectivity index (χ4v) is 13.2. The van der Waals surface area contributed by atoms with Gasteiger partial charge < -0.3 is 27.9 Å². The van der Waals surface area contributed by atoms with E-state index in [2.05, 4.69) is 26.0 Å². The van der Waals surface area contributed by atoms with E-state index in [0.717, 1.165) is 32.1 Å². The zero-order chi connectivity index (χ0) is 64.8. The molecular formula is C79H156NO8P. The molecular weight excluding hydrogens is 1120 g/mol. The lowest BCUT2D eigenvalue weighted by molar-refractivity contribution is -0.870. The van der Waals surface area contributed by atoms with Crippen LogP contribution in [-0.4, -0.2) is 70.0 Å². The molecule has 0 aliphatic rings. The minimum atomic E-state index is -4.64. The lowest BCUT2D eigenvalue weighted by atomic mass is 10.0. The summed E-state index contributed by atoms with van der Waals surface area (Å²) in [5, 5.41) is 0. The van der Waals surface area contributed by atoms with Gasteiger partial charge in [0.05, 0.1) is 27.7 Å². The minimum absolute atomic E-state index is 0.0253. The van der Waals surface area contributed by atoms with Crippen molar-refractivity contribution in [2.45, 2.75) is 437 Å². The average molecular weight is 1280 g/mol. The van der Waals surface area contributed by atoms with Gasteiger partial charge in [0.15, 0.2) is 6.10 Å². The maximum atomic E-state index is 12.9. The van der Waals surface area contributed by atoms with Crippen LogP contribution < -0.4 is 4.89 Å². The fourth-order valence-electron chi connectivity index (χ4n) is 12.4. The number of hydrogen-bond donors (Lipinski definition) is 0. The SMILES string of the molecule is CCCCCCCCCC/C=C\CCCCCCCCCCCCCCCCCCCCCCCCCCCCCCCC(=O)OC(COC(=O)CCCCCCCCCCCCCCCCCCCCCCCCCC)COP(=O)([O-])OCC[N+](C)(C)C. The first kappa shape index (κ1) is 87.8. The van der Waals surface area contributed by atoms with Crippen LogP contribution in [0.15, 0.2) is 12.2 Å². The summed E-state index contributed by atoms with van der Waals surface area (Å²) in [6.07, 6.45) is 89.2. The summed E-state index contributed by atoms with van der Waals surface area (Å²) in [4.78, 5) is 38.1. The quantitative estimate of drug-likeness (QED) is 0.0195. The number of ether oxygens (including phenoxy) is 2. The molecule has 0 aliphatic heterocycles. The van der Waals surface area contributed by atoms with E-state index < -0.39 is 26.5 Å². The maximum Gasteiger partial charge on any atom is 0.306 e. The predicted molar refractivity (Wildman–Crippen MR) is 384 cm³/mol. The molecule has 0 heterocycles. The van der Waals surface area contributed by atoms with Crippen molar-refractivity contribution in [1.29, 1.82) is 0 Å². The molecule has 0 aromatic rings. The topological polar surface area (TPSA) is 111 Å². The molecule has 89 heavy (non-hydrogen) atoms. The second-order valence-electron chi connectivity index (χ2n) is 28.8. The third kappa shape index (κ3) is 75.7. The fraction of sp³-hybridized carbons (Fsp3) is 0.949. The van der Waals surface area contributed by atoms with Gasteiger partial charge >= 0.3 is 11.9 Å². The van der Waals surface area contributed by atoms with Crippen LogP contribution in [0.5, 0.6) is 0 Å². The highest BCUT2D eigenvalue weighted by Crippen LogP contribution is 2.38. The molecule has 0 saturated heterocycles. The molecule has 0 saturated carbocycles. The lowest BCUT2D eigenvalue weighted by Gasteiger charge is -2.28. The van der Waals surface area contributed by atoms with E-state index in [1.54, 1.807) is 0 Å². The van der Waals surface area contributed by atoms with Crippen molar-refractivity contribution in [3.63, 3.8) is 0 Å². The zero-order valence-corrected chi connectivity index (χ0v) is 61.6. The van der Waals surface area contributed by atoms with Crippen LogP contribution in [0.1, 0.15) is 431 Å². The number of quaternary nitrogens is 1. The molecule has 0 spiro atoms. The number of phosphoric acid groups is 1. The van der Waals surface area contributed by atoms with E-state index in [0.29, 0.717) is 17.4 Å². The number of likely N-dealkylation sites (N-methyl/N-ethyl adjacent to an activating group) is 1. The van der Waals surface area contributed by atoms with Crippen molar-refractivity contribution in [2.75, 3.05) is 47.5 Å². The Bertz CT molecular complexity index is 1500. The maximum absolute atomic E-state index is 12.9. The molecule has 9 nitrogen and oxygen atoms in total. The van der Waals surface area contributed by atoms with E-state index in [1.807, 2.05) is 21.1 Å². The van der Waals surface area contributed by atoms with Crippen molar-refractivity contribution < 1.29 is 42.1 Å². The summed E-state index contributed by atoms with van der Waals surface area (Å²) >= 11 is 0. The number of nitrogens with zero attached hydrogens (tertiary/aromatic N) is 1. The van der Waals surface area contributed by atoms with Crippen molar-refractivity contribution in [2.24, 2.45) is 0 Å². The van der Waals surface area contributed by atoms with Gasteiger partial charge in [-0.1, -0.05) is 392 Å². The van der Waals surface area contributed by atoms with Crippen LogP contribution in [0.25, 0.3) is 0 Å². The highest BCUT2D eigenvalue weighted by Gasteiger charge is 2.22. The highest BCUT2D eigenvalue weighted by molar-refractivity contribution is 7.45. The third-order valence-corrected chi connectivity index (χ3v) is 19.5. The number of phosphoric ester groups is 1. The van der Waals surface area contributed by atoms with Crippen LogP contribution in [0.4, 0.5) is 0 Å². The molecule has 0 amide bonds. The summed E-state index contributed by atoms with van der Waals surface area (Å²) in [7, 11) is 1.20. The Morgan fingerprint density at radius 1 is 0.337 bits per heavy atom. The van der Waals surface area contributed by atoms with Gasteiger partial charge in [-0.25, -0.2) is 0 Å². The van der Waals surface area contributed by atoms with Gasteiger partial charge in [0.25, 0.3) is 7.82 Å². The lowest BCUT2D eigenvalue weighted by Crippen LogP contribution is -2.37. The van der Waals surface area contributed by atoms with E-state index in [1.165, 1.54) is 366 Å². The van der Waals surface area contributed by atoms with Gasteiger partial charge in [-0.05, 0) is 38.5 Å². The number of hydrogen-bond acceptors (Lipinski definition) is 8. The third-order valence-electron chi connectivity index (χ3n) is 18.5. The Balaban J connectivity index is 3.85. The first-order chi connectivity index (χ1) is 43.5. The molecule has 0 N–H and O–H groups in total. The molecule has 0 aromatic heterocycles. The van der Waals surface area contributed by atoms with Crippen LogP contribution in [0.3, 0.4) is 0 Å². The second kappa shape index (κ2) is 71.1. The summed E-state index contributed by atoms with van der Waals surface area (Å²) in [5.41, 5.74) is 0. The van der Waals surface area contributed by atoms with Gasteiger partial charge in [0, 0.05) is 12.8 Å². The highest BCUT2D eigenvalue weighted by atomic mass is 31.2. The zero-order valence-electron chi connectivity index (χ0n) is 60.7. The average Bonchev–Trinajstić information content (AvgIpc) is 3.60. The van der Waals surface area contributed by atoms with Gasteiger partial charge in [-0.2, -0.15) is 0 Å². The molecule has 0 radical (unpaired) electrons. The normalized spacial score (nSPS) is 13.0. The van der Waals surface area contributed by atoms with E-state index in [-0.39, 0.29) is 32.0 Å². The summed E-state index contributed by atoms with van der Waals surface area (Å²) in [5.74, 6) is -0.803. The summed E-state index contributed by atoms with van der Waals surface area (Å²) in [6.45, 7) is 4.34. The molecule has 0 bridgehead atoms. The van der Waals surface area contributed by atoms with Gasteiger partial charge in [0.1, 0.15) is 19.8 Å². The molecule has 530 valence electrons. The van der Waals surface area contributed by atoms with Crippen LogP contribution in [0, 0.1) is 0 Å². The van der Waals surface area contributed by atoms with Crippen LogP contribution in [-0.2, 0) is 32.7 Å². The standard InChI is InChI=1S/C79H156NO8P/c1-6-8-10-12-14-16-18-20-22-24-26-28-30-32-33-34-35-36-37-38-39-40-41-42-43-44-45-46-47-48-50-52-54-56-58-60-62-64-66-68-70-72-79(82)88-77(76-87-89(83,84)86-74-73-80(3,4)5)75-85-78(81)71-69-67-65-63-61-59-57-55-53-51-49-31-29-27-25-23-21-19-17-15-13-11-9-7-2/h24,26,77H,6-23,25,27-76H2,1-5H3/b26-24-. The Hall–Kier alpha value is -1.25. The monoisotopic (exact) mass is 1280 g/mol. The van der Waals surface area contributed by atoms with E-state index in [4.69, 9.17) is 18.5 Å². The van der Waals surface area contributed by atoms with Crippen molar-refractivity contribution in [1.82, 2.24) is 0 Å². The Labute approximate surface area is 556 Å². The smallest absolute Gasteiger partial charge is 0.306 e. The van der Waals surface area contributed by atoms with Crippen LogP contribution in [0.2, 0.25) is 0 Å². The first-order valence-electron chi connectivity index (χ1n) is 39.9. The molecule has 10 heteroatoms. The Morgan fingerprint density at radius 3 is 0.831 bits per heavy atom. The number of carbonyl (C=O) groups excluding carboxylic acids is 2. The first-order valence-corrected chi connectivity index (χ1v) is 41.4. The van der Waals surface area contributed by atoms with Gasteiger partial charge in [0.2, 0.25) is 0 Å². The van der Waals surface area contributed by atoms with Crippen molar-refractivity contribution in [3.05, 3.63) is 12.2 Å². The number of unbranched alkanes of at least 4 members (excludes halogenated alkanes) is 60. The van der Waals surface area contributed by atoms with E-state index in [9.17, 15) is 19.0 Å². The van der Waals surface area contributed by atoms with Gasteiger partial charge in [-0.3, -0.25) is 14.2 Å².